The van der Waals surface area contributed by atoms with Gasteiger partial charge in [0.05, 0.1) is 0 Å². The predicted octanol–water partition coefficient (Wildman–Crippen LogP) is 4.27. The van der Waals surface area contributed by atoms with E-state index in [1.807, 2.05) is 20.8 Å². The number of ether oxygens (including phenoxy) is 1. The highest BCUT2D eigenvalue weighted by Crippen LogP contribution is 2.26. The molecule has 0 spiro atoms. The molecule has 0 fully saturated rings. The number of anilines is 1. The average molecular weight is 289 g/mol. The molecule has 5 heteroatoms. The Kier molecular flexibility index (Phi) is 4.73. The van der Waals surface area contributed by atoms with Crippen molar-refractivity contribution in [1.29, 1.82) is 0 Å². The summed E-state index contributed by atoms with van der Waals surface area (Å²) in [5.74, 6) is 2.40. The van der Waals surface area contributed by atoms with E-state index in [4.69, 9.17) is 4.74 Å². The minimum absolute atomic E-state index is 0.195. The summed E-state index contributed by atoms with van der Waals surface area (Å²) in [5, 5.41) is 3.16. The molecule has 1 N–H and O–H groups in total. The molecule has 0 unspecified atom stereocenters. The van der Waals surface area contributed by atoms with Crippen molar-refractivity contribution in [2.45, 2.75) is 33.6 Å². The summed E-state index contributed by atoms with van der Waals surface area (Å²) < 4.78 is 18.9. The molecule has 0 saturated heterocycles. The second-order valence-electron chi connectivity index (χ2n) is 5.15. The number of hydrogen-bond donors (Lipinski definition) is 1. The van der Waals surface area contributed by atoms with E-state index < -0.39 is 0 Å². The van der Waals surface area contributed by atoms with Crippen LogP contribution in [0.2, 0.25) is 0 Å². The number of halogens is 1. The molecule has 0 saturated carbocycles. The molecule has 4 nitrogen and oxygen atoms in total. The van der Waals surface area contributed by atoms with Gasteiger partial charge in [-0.1, -0.05) is 13.8 Å². The lowest BCUT2D eigenvalue weighted by atomic mass is 10.2. The zero-order valence-corrected chi connectivity index (χ0v) is 12.8. The first kappa shape index (κ1) is 15.2. The third-order valence-corrected chi connectivity index (χ3v) is 2.95. The Balaban J connectivity index is 2.33. The average Bonchev–Trinajstić information content (AvgIpc) is 2.42. The molecule has 2 rings (SSSR count). The van der Waals surface area contributed by atoms with Crippen molar-refractivity contribution >= 4 is 5.82 Å². The summed E-state index contributed by atoms with van der Waals surface area (Å²) in [7, 11) is 0. The van der Waals surface area contributed by atoms with Crippen molar-refractivity contribution in [2.75, 3.05) is 11.9 Å². The Morgan fingerprint density at radius 3 is 2.62 bits per heavy atom. The smallest absolute Gasteiger partial charge is 0.224 e. The lowest BCUT2D eigenvalue weighted by molar-refractivity contribution is 0.452. The van der Waals surface area contributed by atoms with E-state index in [1.165, 1.54) is 12.1 Å². The summed E-state index contributed by atoms with van der Waals surface area (Å²) in [6.07, 6.45) is 0. The first-order chi connectivity index (χ1) is 9.99. The zero-order chi connectivity index (χ0) is 15.4. The van der Waals surface area contributed by atoms with Gasteiger partial charge in [0.25, 0.3) is 0 Å². The number of nitrogens with zero attached hydrogens (tertiary/aromatic N) is 2. The molecular formula is C16H20FN3O. The van der Waals surface area contributed by atoms with Crippen molar-refractivity contribution in [1.82, 2.24) is 9.97 Å². The van der Waals surface area contributed by atoms with Gasteiger partial charge in [-0.2, -0.15) is 4.98 Å². The second-order valence-corrected chi connectivity index (χ2v) is 5.15. The van der Waals surface area contributed by atoms with Crippen molar-refractivity contribution in [3.05, 3.63) is 41.5 Å². The molecule has 0 aliphatic heterocycles. The molecule has 0 aliphatic rings. The van der Waals surface area contributed by atoms with Crippen molar-refractivity contribution in [3.63, 3.8) is 0 Å². The quantitative estimate of drug-likeness (QED) is 0.892. The molecule has 112 valence electrons. The minimum Gasteiger partial charge on any atom is -0.439 e. The summed E-state index contributed by atoms with van der Waals surface area (Å²) in [4.78, 5) is 8.85. The first-order valence-electron chi connectivity index (χ1n) is 7.06. The van der Waals surface area contributed by atoms with E-state index in [0.29, 0.717) is 17.5 Å². The van der Waals surface area contributed by atoms with E-state index in [1.54, 1.807) is 19.1 Å². The topological polar surface area (TPSA) is 47.0 Å². The van der Waals surface area contributed by atoms with Gasteiger partial charge in [-0.3, -0.25) is 0 Å². The number of rotatable bonds is 5. The maximum atomic E-state index is 13.1. The number of benzene rings is 1. The number of aryl methyl sites for hydroxylation is 1. The lowest BCUT2D eigenvalue weighted by Gasteiger charge is -2.12. The summed E-state index contributed by atoms with van der Waals surface area (Å²) in [5.41, 5.74) is 0.727. The van der Waals surface area contributed by atoms with E-state index in [0.717, 1.165) is 17.9 Å². The van der Waals surface area contributed by atoms with Gasteiger partial charge < -0.3 is 10.1 Å². The van der Waals surface area contributed by atoms with Gasteiger partial charge in [0.15, 0.2) is 0 Å². The van der Waals surface area contributed by atoms with E-state index in [9.17, 15) is 4.39 Å². The van der Waals surface area contributed by atoms with Crippen LogP contribution in [0.1, 0.15) is 38.1 Å². The molecule has 1 aromatic carbocycles. The van der Waals surface area contributed by atoms with Gasteiger partial charge in [0, 0.05) is 18.5 Å². The van der Waals surface area contributed by atoms with Gasteiger partial charge in [-0.05, 0) is 37.6 Å². The van der Waals surface area contributed by atoms with Gasteiger partial charge in [0.1, 0.15) is 23.2 Å². The number of aromatic nitrogens is 2. The van der Waals surface area contributed by atoms with Crippen LogP contribution < -0.4 is 10.1 Å². The highest BCUT2D eigenvalue weighted by molar-refractivity contribution is 5.42. The predicted molar refractivity (Wildman–Crippen MR) is 81.5 cm³/mol. The van der Waals surface area contributed by atoms with Gasteiger partial charge >= 0.3 is 0 Å². The fraction of sp³-hybridized carbons (Fsp3) is 0.375. The van der Waals surface area contributed by atoms with Crippen LogP contribution in [-0.4, -0.2) is 16.5 Å². The normalized spacial score (nSPS) is 10.8. The highest BCUT2D eigenvalue weighted by Gasteiger charge is 2.10. The Morgan fingerprint density at radius 2 is 2.00 bits per heavy atom. The summed E-state index contributed by atoms with van der Waals surface area (Å²) >= 11 is 0. The fourth-order valence-electron chi connectivity index (χ4n) is 1.86. The van der Waals surface area contributed by atoms with E-state index in [2.05, 4.69) is 15.3 Å². The Hall–Kier alpha value is -2.17. The van der Waals surface area contributed by atoms with Crippen LogP contribution in [-0.2, 0) is 0 Å². The van der Waals surface area contributed by atoms with Crippen molar-refractivity contribution < 1.29 is 9.13 Å². The Labute approximate surface area is 124 Å². The van der Waals surface area contributed by atoms with Crippen LogP contribution in [0, 0.1) is 12.7 Å². The van der Waals surface area contributed by atoms with Gasteiger partial charge in [-0.15, -0.1) is 0 Å². The van der Waals surface area contributed by atoms with Crippen LogP contribution >= 0.6 is 0 Å². The van der Waals surface area contributed by atoms with Crippen LogP contribution in [0.4, 0.5) is 10.2 Å². The molecule has 1 aromatic heterocycles. The maximum absolute atomic E-state index is 13.1. The molecular weight excluding hydrogens is 269 g/mol. The van der Waals surface area contributed by atoms with Gasteiger partial charge in [0.2, 0.25) is 5.88 Å². The molecule has 0 aliphatic carbocycles. The monoisotopic (exact) mass is 289 g/mol. The molecule has 2 aromatic rings. The van der Waals surface area contributed by atoms with E-state index in [-0.39, 0.29) is 11.7 Å². The van der Waals surface area contributed by atoms with Crippen LogP contribution in [0.25, 0.3) is 0 Å². The zero-order valence-electron chi connectivity index (χ0n) is 12.8. The van der Waals surface area contributed by atoms with E-state index >= 15 is 0 Å². The summed E-state index contributed by atoms with van der Waals surface area (Å²) in [6.45, 7) is 8.62. The molecule has 21 heavy (non-hydrogen) atoms. The molecule has 1 heterocycles. The van der Waals surface area contributed by atoms with Crippen LogP contribution in [0.5, 0.6) is 11.6 Å². The Morgan fingerprint density at radius 1 is 1.24 bits per heavy atom. The van der Waals surface area contributed by atoms with Gasteiger partial charge in [-0.25, -0.2) is 9.37 Å². The van der Waals surface area contributed by atoms with Crippen molar-refractivity contribution in [3.8, 4) is 11.6 Å². The fourth-order valence-corrected chi connectivity index (χ4v) is 1.86. The molecule has 0 radical (unpaired) electrons. The highest BCUT2D eigenvalue weighted by atomic mass is 19.1. The third kappa shape index (κ3) is 3.90. The minimum atomic E-state index is -0.279. The number of nitrogens with one attached hydrogen (secondary N) is 1. The third-order valence-electron chi connectivity index (χ3n) is 2.95. The lowest BCUT2D eigenvalue weighted by Crippen LogP contribution is -2.06. The SMILES string of the molecule is CCNc1cc(Oc2ccc(F)cc2C)nc(C(C)C)n1. The molecule has 0 bridgehead atoms. The second kappa shape index (κ2) is 6.52. The first-order valence-corrected chi connectivity index (χ1v) is 7.06. The largest absolute Gasteiger partial charge is 0.439 e. The van der Waals surface area contributed by atoms with Crippen LogP contribution in [0.3, 0.4) is 0 Å². The maximum Gasteiger partial charge on any atom is 0.224 e. The van der Waals surface area contributed by atoms with Crippen molar-refractivity contribution in [2.24, 2.45) is 0 Å². The molecule has 0 atom stereocenters. The Bertz CT molecular complexity index is 629. The summed E-state index contributed by atoms with van der Waals surface area (Å²) in [6, 6.07) is 6.16. The molecule has 0 amide bonds. The standard InChI is InChI=1S/C16H20FN3O/c1-5-18-14-9-15(20-16(19-14)10(2)3)21-13-7-6-12(17)8-11(13)4/h6-10H,5H2,1-4H3,(H,18,19,20). The number of hydrogen-bond acceptors (Lipinski definition) is 4. The van der Waals surface area contributed by atoms with Crippen LogP contribution in [0.15, 0.2) is 24.3 Å².